The first-order chi connectivity index (χ1) is 14.5. The Balaban J connectivity index is 1.42. The van der Waals surface area contributed by atoms with Crippen molar-refractivity contribution < 1.29 is 9.18 Å². The average Bonchev–Trinajstić information content (AvgIpc) is 2.74. The Morgan fingerprint density at radius 1 is 0.967 bits per heavy atom. The standard InChI is InChI=1S/C21H20ClFN6O/c1-28-8-9-29(12-21(28)30)16-5-2-14(3-6-16)26-19-11-20(25-13-24-19)27-15-4-7-18(23)17(22)10-15/h2-7,10-11,13H,8-9,12H2,1H3,(H2,24,25,26,27). The molecule has 154 valence electrons. The fourth-order valence-corrected chi connectivity index (χ4v) is 3.28. The van der Waals surface area contributed by atoms with Gasteiger partial charge in [0.1, 0.15) is 23.8 Å². The van der Waals surface area contributed by atoms with Gasteiger partial charge in [0.2, 0.25) is 5.91 Å². The number of nitrogens with one attached hydrogen (secondary N) is 2. The Morgan fingerprint density at radius 3 is 2.30 bits per heavy atom. The summed E-state index contributed by atoms with van der Waals surface area (Å²) in [7, 11) is 1.82. The molecule has 4 rings (SSSR count). The van der Waals surface area contributed by atoms with E-state index in [1.165, 1.54) is 18.5 Å². The van der Waals surface area contributed by atoms with Crippen LogP contribution in [0.1, 0.15) is 0 Å². The highest BCUT2D eigenvalue weighted by atomic mass is 35.5. The Kier molecular flexibility index (Phi) is 5.67. The predicted octanol–water partition coefficient (Wildman–Crippen LogP) is 4.03. The van der Waals surface area contributed by atoms with Crippen molar-refractivity contribution in [2.75, 3.05) is 42.2 Å². The minimum Gasteiger partial charge on any atom is -0.360 e. The van der Waals surface area contributed by atoms with E-state index in [1.807, 2.05) is 31.3 Å². The summed E-state index contributed by atoms with van der Waals surface area (Å²) in [5.41, 5.74) is 2.48. The molecule has 1 aliphatic rings. The van der Waals surface area contributed by atoms with E-state index in [4.69, 9.17) is 11.6 Å². The summed E-state index contributed by atoms with van der Waals surface area (Å²) in [6.07, 6.45) is 1.43. The minimum atomic E-state index is -0.475. The predicted molar refractivity (Wildman–Crippen MR) is 116 cm³/mol. The third kappa shape index (κ3) is 4.60. The van der Waals surface area contributed by atoms with Gasteiger partial charge >= 0.3 is 0 Å². The molecule has 0 aliphatic carbocycles. The molecule has 0 atom stereocenters. The Hall–Kier alpha value is -3.39. The smallest absolute Gasteiger partial charge is 0.241 e. The zero-order valence-electron chi connectivity index (χ0n) is 16.3. The second-order valence-electron chi connectivity index (χ2n) is 6.95. The number of rotatable bonds is 5. The summed E-state index contributed by atoms with van der Waals surface area (Å²) in [6, 6.07) is 13.9. The number of amides is 1. The van der Waals surface area contributed by atoms with Gasteiger partial charge in [0, 0.05) is 43.3 Å². The lowest BCUT2D eigenvalue weighted by Crippen LogP contribution is -2.48. The van der Waals surface area contributed by atoms with Crippen LogP contribution in [-0.2, 0) is 4.79 Å². The molecule has 0 spiro atoms. The van der Waals surface area contributed by atoms with Gasteiger partial charge < -0.3 is 20.4 Å². The van der Waals surface area contributed by atoms with Crippen molar-refractivity contribution in [2.45, 2.75) is 0 Å². The monoisotopic (exact) mass is 426 g/mol. The van der Waals surface area contributed by atoms with E-state index in [-0.39, 0.29) is 10.9 Å². The molecule has 7 nitrogen and oxygen atoms in total. The first kappa shape index (κ1) is 19.9. The van der Waals surface area contributed by atoms with Gasteiger partial charge in [-0.25, -0.2) is 14.4 Å². The average molecular weight is 427 g/mol. The first-order valence-electron chi connectivity index (χ1n) is 9.38. The fourth-order valence-electron chi connectivity index (χ4n) is 3.10. The third-order valence-corrected chi connectivity index (χ3v) is 5.11. The highest BCUT2D eigenvalue weighted by Gasteiger charge is 2.20. The Bertz CT molecular complexity index is 1060. The number of nitrogens with zero attached hydrogens (tertiary/aromatic N) is 4. The number of aromatic nitrogens is 2. The molecule has 1 amide bonds. The summed E-state index contributed by atoms with van der Waals surface area (Å²) >= 11 is 5.82. The van der Waals surface area contributed by atoms with Crippen LogP contribution in [0.5, 0.6) is 0 Å². The largest absolute Gasteiger partial charge is 0.360 e. The molecule has 2 aromatic carbocycles. The summed E-state index contributed by atoms with van der Waals surface area (Å²) < 4.78 is 13.3. The zero-order valence-corrected chi connectivity index (χ0v) is 17.0. The van der Waals surface area contributed by atoms with E-state index in [1.54, 1.807) is 17.0 Å². The van der Waals surface area contributed by atoms with Gasteiger partial charge in [-0.1, -0.05) is 11.6 Å². The van der Waals surface area contributed by atoms with E-state index in [2.05, 4.69) is 25.5 Å². The van der Waals surface area contributed by atoms with Gasteiger partial charge in [-0.3, -0.25) is 4.79 Å². The number of carbonyl (C=O) groups excluding carboxylic acids is 1. The maximum atomic E-state index is 13.3. The quantitative estimate of drug-likeness (QED) is 0.641. The first-order valence-corrected chi connectivity index (χ1v) is 9.76. The summed E-state index contributed by atoms with van der Waals surface area (Å²) in [5, 5.41) is 6.34. The number of halogens is 2. The lowest BCUT2D eigenvalue weighted by molar-refractivity contribution is -0.129. The van der Waals surface area contributed by atoms with Crippen LogP contribution in [0, 0.1) is 5.82 Å². The van der Waals surface area contributed by atoms with Crippen LogP contribution in [0.4, 0.5) is 33.1 Å². The SMILES string of the molecule is CN1CCN(c2ccc(Nc3cc(Nc4ccc(F)c(Cl)c4)ncn3)cc2)CC1=O. The molecule has 0 unspecified atom stereocenters. The van der Waals surface area contributed by atoms with Crippen molar-refractivity contribution >= 4 is 46.2 Å². The molecule has 1 aromatic heterocycles. The maximum Gasteiger partial charge on any atom is 0.241 e. The van der Waals surface area contributed by atoms with Gasteiger partial charge in [0.15, 0.2) is 0 Å². The number of likely N-dealkylation sites (N-methyl/N-ethyl adjacent to an activating group) is 1. The van der Waals surface area contributed by atoms with E-state index >= 15 is 0 Å². The lowest BCUT2D eigenvalue weighted by atomic mass is 10.2. The van der Waals surface area contributed by atoms with Crippen LogP contribution in [0.3, 0.4) is 0 Å². The number of piperazine rings is 1. The molecule has 0 saturated carbocycles. The van der Waals surface area contributed by atoms with Crippen LogP contribution in [0.15, 0.2) is 54.9 Å². The molecular weight excluding hydrogens is 407 g/mol. The molecule has 1 aliphatic heterocycles. The molecule has 2 N–H and O–H groups in total. The van der Waals surface area contributed by atoms with Crippen molar-refractivity contribution in [2.24, 2.45) is 0 Å². The van der Waals surface area contributed by atoms with Crippen LogP contribution in [-0.4, -0.2) is 47.5 Å². The van der Waals surface area contributed by atoms with Crippen LogP contribution >= 0.6 is 11.6 Å². The van der Waals surface area contributed by atoms with Gasteiger partial charge in [-0.15, -0.1) is 0 Å². The van der Waals surface area contributed by atoms with Gasteiger partial charge in [0.05, 0.1) is 11.6 Å². The molecule has 30 heavy (non-hydrogen) atoms. The summed E-state index contributed by atoms with van der Waals surface area (Å²) in [6.45, 7) is 1.91. The minimum absolute atomic E-state index is 0.0366. The highest BCUT2D eigenvalue weighted by molar-refractivity contribution is 6.31. The molecule has 9 heteroatoms. The topological polar surface area (TPSA) is 73.4 Å². The van der Waals surface area contributed by atoms with Crippen LogP contribution in [0.25, 0.3) is 0 Å². The third-order valence-electron chi connectivity index (χ3n) is 4.82. The maximum absolute atomic E-state index is 13.3. The number of hydrogen-bond donors (Lipinski definition) is 2. The molecule has 1 saturated heterocycles. The van der Waals surface area contributed by atoms with Crippen LogP contribution in [0.2, 0.25) is 5.02 Å². The van der Waals surface area contributed by atoms with E-state index in [0.29, 0.717) is 23.9 Å². The Labute approximate surface area is 178 Å². The number of carbonyl (C=O) groups is 1. The fraction of sp³-hybridized carbons (Fsp3) is 0.190. The van der Waals surface area contributed by atoms with Gasteiger partial charge in [0.25, 0.3) is 0 Å². The molecular formula is C21H20ClFN6O. The molecule has 3 aromatic rings. The zero-order chi connectivity index (χ0) is 21.1. The molecule has 1 fully saturated rings. The van der Waals surface area contributed by atoms with Crippen molar-refractivity contribution in [1.29, 1.82) is 0 Å². The molecule has 0 bridgehead atoms. The number of hydrogen-bond acceptors (Lipinski definition) is 6. The van der Waals surface area contributed by atoms with Gasteiger partial charge in [-0.2, -0.15) is 0 Å². The van der Waals surface area contributed by atoms with Crippen molar-refractivity contribution in [3.05, 3.63) is 65.7 Å². The lowest BCUT2D eigenvalue weighted by Gasteiger charge is -2.33. The second kappa shape index (κ2) is 8.54. The van der Waals surface area contributed by atoms with Crippen molar-refractivity contribution in [1.82, 2.24) is 14.9 Å². The van der Waals surface area contributed by atoms with E-state index < -0.39 is 5.82 Å². The number of benzene rings is 2. The van der Waals surface area contributed by atoms with E-state index in [9.17, 15) is 9.18 Å². The van der Waals surface area contributed by atoms with E-state index in [0.717, 1.165) is 24.5 Å². The van der Waals surface area contributed by atoms with Crippen molar-refractivity contribution in [3.63, 3.8) is 0 Å². The second-order valence-corrected chi connectivity index (χ2v) is 7.36. The molecule has 2 heterocycles. The number of anilines is 5. The highest BCUT2D eigenvalue weighted by Crippen LogP contribution is 2.24. The normalized spacial score (nSPS) is 14.0. The van der Waals surface area contributed by atoms with Gasteiger partial charge in [-0.05, 0) is 42.5 Å². The van der Waals surface area contributed by atoms with Crippen LogP contribution < -0.4 is 15.5 Å². The molecule has 0 radical (unpaired) electrons. The Morgan fingerprint density at radius 2 is 1.63 bits per heavy atom. The summed E-state index contributed by atoms with van der Waals surface area (Å²) in [4.78, 5) is 24.1. The van der Waals surface area contributed by atoms with Crippen molar-refractivity contribution in [3.8, 4) is 0 Å². The summed E-state index contributed by atoms with van der Waals surface area (Å²) in [5.74, 6) is 0.787.